The zero-order valence-electron chi connectivity index (χ0n) is 22.7. The molecule has 0 unspecified atom stereocenters. The Balaban J connectivity index is 1.20. The van der Waals surface area contributed by atoms with E-state index in [0.29, 0.717) is 41.5 Å². The molecule has 0 bridgehead atoms. The van der Waals surface area contributed by atoms with Crippen molar-refractivity contribution in [2.45, 2.75) is 32.8 Å². The zero-order valence-corrected chi connectivity index (χ0v) is 22.7. The number of aromatic nitrogens is 4. The third-order valence-corrected chi connectivity index (χ3v) is 6.78. The van der Waals surface area contributed by atoms with Crippen molar-refractivity contribution in [3.05, 3.63) is 88.6 Å². The number of hydrogen-bond donors (Lipinski definition) is 2. The largest absolute Gasteiger partial charge is 0.463 e. The molecule has 1 fully saturated rings. The summed E-state index contributed by atoms with van der Waals surface area (Å²) in [5, 5.41) is 5.42. The van der Waals surface area contributed by atoms with Crippen LogP contribution in [0.1, 0.15) is 35.8 Å². The molecule has 2 amide bonds. The van der Waals surface area contributed by atoms with E-state index in [2.05, 4.69) is 20.6 Å². The Morgan fingerprint density at radius 3 is 2.39 bits per heavy atom. The van der Waals surface area contributed by atoms with E-state index >= 15 is 0 Å². The Hall–Kier alpha value is -5.26. The van der Waals surface area contributed by atoms with Crippen molar-refractivity contribution in [1.82, 2.24) is 19.3 Å². The van der Waals surface area contributed by atoms with Gasteiger partial charge in [0.05, 0.1) is 17.6 Å². The number of hydrogen-bond acceptors (Lipinski definition) is 8. The maximum Gasteiger partial charge on any atom is 0.302 e. The van der Waals surface area contributed by atoms with Crippen LogP contribution in [0.25, 0.3) is 5.69 Å². The first-order valence-electron chi connectivity index (χ1n) is 12.9. The first kappa shape index (κ1) is 27.3. The van der Waals surface area contributed by atoms with Crippen molar-refractivity contribution in [2.75, 3.05) is 10.6 Å². The first-order valence-corrected chi connectivity index (χ1v) is 12.9. The number of esters is 1. The van der Waals surface area contributed by atoms with Gasteiger partial charge >= 0.3 is 5.97 Å². The molecule has 1 aliphatic carbocycles. The van der Waals surface area contributed by atoms with Gasteiger partial charge in [0.15, 0.2) is 0 Å². The molecule has 210 valence electrons. The summed E-state index contributed by atoms with van der Waals surface area (Å²) in [6.45, 7) is 3.05. The molecule has 5 rings (SSSR count). The van der Waals surface area contributed by atoms with Gasteiger partial charge in [-0.15, -0.1) is 0 Å². The quantitative estimate of drug-likeness (QED) is 0.313. The Morgan fingerprint density at radius 2 is 1.71 bits per heavy atom. The van der Waals surface area contributed by atoms with E-state index in [1.165, 1.54) is 24.0 Å². The van der Waals surface area contributed by atoms with Crippen LogP contribution >= 0.6 is 0 Å². The molecule has 0 saturated heterocycles. The average molecular weight is 557 g/mol. The van der Waals surface area contributed by atoms with E-state index in [1.54, 1.807) is 55.1 Å². The second kappa shape index (κ2) is 11.5. The molecule has 1 aliphatic rings. The predicted octanol–water partition coefficient (Wildman–Crippen LogP) is 3.60. The Kier molecular flexibility index (Phi) is 7.64. The number of nitrogens with one attached hydrogen (secondary N) is 2. The summed E-state index contributed by atoms with van der Waals surface area (Å²) >= 11 is 0. The smallest absolute Gasteiger partial charge is 0.302 e. The topological polar surface area (TPSA) is 146 Å². The highest BCUT2D eigenvalue weighted by Gasteiger charge is 2.36. The van der Waals surface area contributed by atoms with Crippen molar-refractivity contribution in [1.29, 1.82) is 0 Å². The van der Waals surface area contributed by atoms with E-state index in [4.69, 9.17) is 9.47 Å². The minimum atomic E-state index is -0.570. The van der Waals surface area contributed by atoms with Gasteiger partial charge in [-0.25, -0.2) is 14.6 Å². The van der Waals surface area contributed by atoms with Crippen LogP contribution in [0, 0.1) is 12.8 Å². The third kappa shape index (κ3) is 6.01. The van der Waals surface area contributed by atoms with Crippen LogP contribution in [-0.4, -0.2) is 43.2 Å². The summed E-state index contributed by atoms with van der Waals surface area (Å²) in [6.07, 6.45) is 3.65. The molecule has 0 aliphatic heterocycles. The maximum atomic E-state index is 13.1. The Morgan fingerprint density at radius 1 is 0.951 bits per heavy atom. The first-order chi connectivity index (χ1) is 19.7. The van der Waals surface area contributed by atoms with Crippen LogP contribution in [0.4, 0.5) is 11.6 Å². The fourth-order valence-electron chi connectivity index (χ4n) is 4.54. The molecule has 3 heterocycles. The number of amides is 2. The lowest BCUT2D eigenvalue weighted by Gasteiger charge is -2.33. The molecule has 0 radical (unpaired) electrons. The molecule has 1 aromatic carbocycles. The highest BCUT2D eigenvalue weighted by atomic mass is 16.5. The summed E-state index contributed by atoms with van der Waals surface area (Å²) < 4.78 is 14.0. The van der Waals surface area contributed by atoms with E-state index in [1.807, 2.05) is 18.2 Å². The Bertz CT molecular complexity index is 1660. The molecule has 3 aromatic heterocycles. The van der Waals surface area contributed by atoms with Crippen molar-refractivity contribution in [2.24, 2.45) is 13.0 Å². The molecule has 0 atom stereocenters. The summed E-state index contributed by atoms with van der Waals surface area (Å²) in [5.74, 6) is -0.0174. The van der Waals surface area contributed by atoms with Crippen molar-refractivity contribution in [3.63, 3.8) is 0 Å². The minimum Gasteiger partial charge on any atom is -0.463 e. The highest BCUT2D eigenvalue weighted by molar-refractivity contribution is 6.04. The number of benzene rings is 1. The maximum absolute atomic E-state index is 13.1. The van der Waals surface area contributed by atoms with Crippen LogP contribution in [-0.2, 0) is 21.4 Å². The third-order valence-electron chi connectivity index (χ3n) is 6.78. The number of para-hydroxylation sites is 1. The summed E-state index contributed by atoms with van der Waals surface area (Å²) in [4.78, 5) is 58.0. The van der Waals surface area contributed by atoms with E-state index < -0.39 is 11.5 Å². The van der Waals surface area contributed by atoms with E-state index in [0.717, 1.165) is 0 Å². The second-order valence-corrected chi connectivity index (χ2v) is 9.64. The van der Waals surface area contributed by atoms with Gasteiger partial charge in [0.25, 0.3) is 11.5 Å². The van der Waals surface area contributed by atoms with Crippen LogP contribution in [0.15, 0.2) is 71.8 Å². The fraction of sp³-hybridized carbons (Fsp3) is 0.241. The highest BCUT2D eigenvalue weighted by Crippen LogP contribution is 2.31. The van der Waals surface area contributed by atoms with Crippen LogP contribution in [0.2, 0.25) is 0 Å². The predicted molar refractivity (Wildman–Crippen MR) is 149 cm³/mol. The van der Waals surface area contributed by atoms with Crippen LogP contribution in [0.3, 0.4) is 0 Å². The van der Waals surface area contributed by atoms with Crippen molar-refractivity contribution < 1.29 is 23.9 Å². The lowest BCUT2D eigenvalue weighted by atomic mass is 9.81. The molecule has 2 N–H and O–H groups in total. The number of rotatable bonds is 8. The van der Waals surface area contributed by atoms with Gasteiger partial charge in [0.2, 0.25) is 5.91 Å². The molecular weight excluding hydrogens is 528 g/mol. The Labute approximate surface area is 234 Å². The van der Waals surface area contributed by atoms with Gasteiger partial charge in [-0.1, -0.05) is 18.2 Å². The summed E-state index contributed by atoms with van der Waals surface area (Å²) in [5.41, 5.74) is 0.749. The number of carbonyl (C=O) groups is 3. The lowest BCUT2D eigenvalue weighted by molar-refractivity contribution is -0.155. The molecule has 41 heavy (non-hydrogen) atoms. The van der Waals surface area contributed by atoms with E-state index in [-0.39, 0.29) is 35.3 Å². The molecule has 12 heteroatoms. The molecule has 1 saturated carbocycles. The van der Waals surface area contributed by atoms with Crippen LogP contribution in [0.5, 0.6) is 11.5 Å². The van der Waals surface area contributed by atoms with Crippen LogP contribution < -0.4 is 20.9 Å². The molecule has 12 nitrogen and oxygen atoms in total. The fourth-order valence-corrected chi connectivity index (χ4v) is 4.54. The molecule has 4 aromatic rings. The van der Waals surface area contributed by atoms with Gasteiger partial charge in [-0.05, 0) is 50.1 Å². The standard InChI is InChI=1S/C29H28N6O6/c1-17-26(29(39)35(34(17)3)20-7-5-4-6-8-20)28(38)32-24-10-9-22(16-31-24)41-21-11-12-30-25(15-21)33-27(37)19-13-23(14-19)40-18(2)36/h4-12,15-16,19,23H,13-14H2,1-3H3,(H,30,33,37)(H,31,32,38). The number of pyridine rings is 2. The lowest BCUT2D eigenvalue weighted by Crippen LogP contribution is -2.40. The van der Waals surface area contributed by atoms with Gasteiger partial charge in [-0.3, -0.25) is 23.9 Å². The second-order valence-electron chi connectivity index (χ2n) is 9.64. The summed E-state index contributed by atoms with van der Waals surface area (Å²) in [6, 6.07) is 15.4. The average Bonchev–Trinajstić information content (AvgIpc) is 3.15. The van der Waals surface area contributed by atoms with Gasteiger partial charge < -0.3 is 20.1 Å². The summed E-state index contributed by atoms with van der Waals surface area (Å²) in [7, 11) is 1.72. The molecular formula is C29H28N6O6. The van der Waals surface area contributed by atoms with Crippen molar-refractivity contribution in [3.8, 4) is 17.2 Å². The zero-order chi connectivity index (χ0) is 29.1. The monoisotopic (exact) mass is 556 g/mol. The number of ether oxygens (including phenoxy) is 2. The number of nitrogens with zero attached hydrogens (tertiary/aromatic N) is 4. The van der Waals surface area contributed by atoms with Gasteiger partial charge in [0, 0.05) is 32.2 Å². The number of anilines is 2. The van der Waals surface area contributed by atoms with Gasteiger partial charge in [0.1, 0.15) is 34.8 Å². The van der Waals surface area contributed by atoms with E-state index in [9.17, 15) is 19.2 Å². The normalized spacial score (nSPS) is 15.9. The molecule has 0 spiro atoms. The number of carbonyl (C=O) groups excluding carboxylic acids is 3. The van der Waals surface area contributed by atoms with Crippen molar-refractivity contribution >= 4 is 29.4 Å². The van der Waals surface area contributed by atoms with Gasteiger partial charge in [-0.2, -0.15) is 0 Å². The SMILES string of the molecule is CC(=O)OC1CC(C(=O)Nc2cc(Oc3ccc(NC(=O)c4c(C)n(C)n(-c5ccccc5)c4=O)nc3)ccn2)C1. The minimum absolute atomic E-state index is 0.0219.